The molecule has 4 bridgehead atoms. The second kappa shape index (κ2) is 9.23. The van der Waals surface area contributed by atoms with Crippen molar-refractivity contribution in [2.75, 3.05) is 11.1 Å². The molecule has 0 radical (unpaired) electrons. The first-order valence-corrected chi connectivity index (χ1v) is 12.8. The van der Waals surface area contributed by atoms with Crippen molar-refractivity contribution in [3.05, 3.63) is 59.7 Å². The minimum absolute atomic E-state index is 0.0149. The molecule has 4 saturated carbocycles. The zero-order valence-corrected chi connectivity index (χ0v) is 19.5. The highest BCUT2D eigenvalue weighted by Crippen LogP contribution is 2.55. The molecule has 2 N–H and O–H groups in total. The molecule has 4 fully saturated rings. The number of carbonyl (C=O) groups excluding carboxylic acids is 2. The summed E-state index contributed by atoms with van der Waals surface area (Å²) < 4.78 is 0. The molecule has 170 valence electrons. The standard InChI is InChI=1S/C27H29N3O2S/c28-10-9-18-5-7-22(8-6-18)29-26(32)23-3-1-2-4-24(23)33-17-25(31)30-27-14-19-11-20(15-27)13-21(12-19)16-27/h1-8,19-21H,9,11-17H2,(H,29,32)(H,30,31). The fraction of sp³-hybridized carbons (Fsp3) is 0.444. The van der Waals surface area contributed by atoms with Crippen LogP contribution in [0.25, 0.3) is 0 Å². The molecule has 0 heterocycles. The number of hydrogen-bond donors (Lipinski definition) is 2. The second-order valence-electron chi connectivity index (χ2n) is 10.0. The Morgan fingerprint density at radius 2 is 1.61 bits per heavy atom. The number of nitriles is 1. The van der Waals surface area contributed by atoms with Gasteiger partial charge in [-0.2, -0.15) is 5.26 Å². The third-order valence-electron chi connectivity index (χ3n) is 7.43. The van der Waals surface area contributed by atoms with Crippen LogP contribution in [0.3, 0.4) is 0 Å². The molecule has 0 atom stereocenters. The van der Waals surface area contributed by atoms with Gasteiger partial charge in [-0.05, 0) is 86.1 Å². The molecule has 5 nitrogen and oxygen atoms in total. The number of benzene rings is 2. The highest BCUT2D eigenvalue weighted by atomic mass is 32.2. The smallest absolute Gasteiger partial charge is 0.256 e. The Morgan fingerprint density at radius 3 is 2.24 bits per heavy atom. The number of carbonyl (C=O) groups is 2. The van der Waals surface area contributed by atoms with Crippen molar-refractivity contribution >= 4 is 29.3 Å². The van der Waals surface area contributed by atoms with Gasteiger partial charge in [0, 0.05) is 16.1 Å². The number of hydrogen-bond acceptors (Lipinski definition) is 4. The summed E-state index contributed by atoms with van der Waals surface area (Å²) in [4.78, 5) is 26.6. The van der Waals surface area contributed by atoms with Gasteiger partial charge in [0.25, 0.3) is 5.91 Å². The highest BCUT2D eigenvalue weighted by molar-refractivity contribution is 8.00. The zero-order valence-electron chi connectivity index (χ0n) is 18.7. The van der Waals surface area contributed by atoms with E-state index in [9.17, 15) is 9.59 Å². The molecule has 0 aliphatic heterocycles. The first kappa shape index (κ1) is 22.0. The topological polar surface area (TPSA) is 82.0 Å². The summed E-state index contributed by atoms with van der Waals surface area (Å²) in [6, 6.07) is 16.8. The molecule has 2 amide bonds. The molecule has 6 heteroatoms. The van der Waals surface area contributed by atoms with Gasteiger partial charge in [-0.1, -0.05) is 24.3 Å². The Hall–Kier alpha value is -2.78. The van der Waals surface area contributed by atoms with E-state index in [0.717, 1.165) is 47.5 Å². The predicted octanol–water partition coefficient (Wildman–Crippen LogP) is 5.18. The molecule has 0 unspecified atom stereocenters. The molecule has 2 aromatic carbocycles. The van der Waals surface area contributed by atoms with Gasteiger partial charge in [-0.3, -0.25) is 9.59 Å². The fourth-order valence-electron chi connectivity index (χ4n) is 6.51. The third-order valence-corrected chi connectivity index (χ3v) is 8.50. The van der Waals surface area contributed by atoms with Crippen molar-refractivity contribution in [2.45, 2.75) is 55.4 Å². The van der Waals surface area contributed by atoms with Gasteiger partial charge in [-0.25, -0.2) is 0 Å². The minimum Gasteiger partial charge on any atom is -0.350 e. The van der Waals surface area contributed by atoms with Crippen molar-refractivity contribution in [1.82, 2.24) is 5.32 Å². The highest BCUT2D eigenvalue weighted by Gasteiger charge is 2.51. The largest absolute Gasteiger partial charge is 0.350 e. The van der Waals surface area contributed by atoms with E-state index >= 15 is 0 Å². The van der Waals surface area contributed by atoms with Crippen LogP contribution in [-0.2, 0) is 11.2 Å². The van der Waals surface area contributed by atoms with Crippen LogP contribution in [0.2, 0.25) is 0 Å². The van der Waals surface area contributed by atoms with E-state index in [1.165, 1.54) is 31.0 Å². The molecule has 0 spiro atoms. The summed E-state index contributed by atoms with van der Waals surface area (Å²) in [5.41, 5.74) is 2.17. The monoisotopic (exact) mass is 459 g/mol. The average Bonchev–Trinajstić information content (AvgIpc) is 2.78. The lowest BCUT2D eigenvalue weighted by Gasteiger charge is -2.56. The predicted molar refractivity (Wildman–Crippen MR) is 130 cm³/mol. The minimum atomic E-state index is -0.201. The van der Waals surface area contributed by atoms with E-state index in [1.54, 1.807) is 18.2 Å². The van der Waals surface area contributed by atoms with Crippen LogP contribution in [0.4, 0.5) is 5.69 Å². The third kappa shape index (κ3) is 4.94. The quantitative estimate of drug-likeness (QED) is 0.559. The van der Waals surface area contributed by atoms with Gasteiger partial charge in [0.1, 0.15) is 0 Å². The lowest BCUT2D eigenvalue weighted by molar-refractivity contribution is -0.124. The van der Waals surface area contributed by atoms with Crippen molar-refractivity contribution in [2.24, 2.45) is 17.8 Å². The molecule has 0 saturated heterocycles. The van der Waals surface area contributed by atoms with E-state index in [2.05, 4.69) is 16.7 Å². The van der Waals surface area contributed by atoms with Crippen molar-refractivity contribution in [3.8, 4) is 6.07 Å². The van der Waals surface area contributed by atoms with Crippen LogP contribution in [0.1, 0.15) is 54.4 Å². The van der Waals surface area contributed by atoms with E-state index in [-0.39, 0.29) is 17.4 Å². The van der Waals surface area contributed by atoms with Gasteiger partial charge in [0.15, 0.2) is 0 Å². The number of nitrogens with one attached hydrogen (secondary N) is 2. The zero-order chi connectivity index (χ0) is 22.8. The Kier molecular flexibility index (Phi) is 6.16. The Bertz CT molecular complexity index is 1050. The lowest BCUT2D eigenvalue weighted by atomic mass is 9.53. The van der Waals surface area contributed by atoms with E-state index in [4.69, 9.17) is 5.26 Å². The SMILES string of the molecule is N#CCc1ccc(NC(=O)c2ccccc2SCC(=O)NC23CC4CC(CC(C4)C2)C3)cc1. The van der Waals surface area contributed by atoms with Gasteiger partial charge < -0.3 is 10.6 Å². The summed E-state index contributed by atoms with van der Waals surface area (Å²) in [6.45, 7) is 0. The first-order chi connectivity index (χ1) is 16.0. The van der Waals surface area contributed by atoms with Crippen LogP contribution in [0, 0.1) is 29.1 Å². The number of thioether (sulfide) groups is 1. The lowest BCUT2D eigenvalue weighted by Crippen LogP contribution is -2.60. The van der Waals surface area contributed by atoms with Gasteiger partial charge in [0.05, 0.1) is 23.8 Å². The summed E-state index contributed by atoms with van der Waals surface area (Å²) in [7, 11) is 0. The van der Waals surface area contributed by atoms with Gasteiger partial charge >= 0.3 is 0 Å². The second-order valence-corrected chi connectivity index (χ2v) is 11.0. The maximum Gasteiger partial charge on any atom is 0.256 e. The molecular formula is C27H29N3O2S. The molecule has 4 aliphatic rings. The molecular weight excluding hydrogens is 430 g/mol. The number of anilines is 1. The van der Waals surface area contributed by atoms with Crippen molar-refractivity contribution in [3.63, 3.8) is 0 Å². The molecule has 2 aromatic rings. The van der Waals surface area contributed by atoms with Crippen LogP contribution < -0.4 is 10.6 Å². The van der Waals surface area contributed by atoms with Crippen LogP contribution in [0.15, 0.2) is 53.4 Å². The Labute approximate surface area is 199 Å². The fourth-order valence-corrected chi connectivity index (χ4v) is 7.36. The average molecular weight is 460 g/mol. The molecule has 4 aliphatic carbocycles. The normalized spacial score (nSPS) is 27.1. The van der Waals surface area contributed by atoms with Crippen molar-refractivity contribution in [1.29, 1.82) is 5.26 Å². The number of amides is 2. The van der Waals surface area contributed by atoms with Crippen LogP contribution in [-0.4, -0.2) is 23.1 Å². The van der Waals surface area contributed by atoms with Crippen LogP contribution in [0.5, 0.6) is 0 Å². The van der Waals surface area contributed by atoms with E-state index < -0.39 is 0 Å². The summed E-state index contributed by atoms with van der Waals surface area (Å²) >= 11 is 1.42. The van der Waals surface area contributed by atoms with Gasteiger partial charge in [0.2, 0.25) is 5.91 Å². The maximum atomic E-state index is 12.9. The number of rotatable bonds is 7. The molecule has 0 aromatic heterocycles. The van der Waals surface area contributed by atoms with Crippen LogP contribution >= 0.6 is 11.8 Å². The first-order valence-electron chi connectivity index (χ1n) is 11.8. The maximum absolute atomic E-state index is 12.9. The summed E-state index contributed by atoms with van der Waals surface area (Å²) in [5.74, 6) is 2.57. The van der Waals surface area contributed by atoms with Crippen molar-refractivity contribution < 1.29 is 9.59 Å². The molecule has 33 heavy (non-hydrogen) atoms. The number of nitrogens with zero attached hydrogens (tertiary/aromatic N) is 1. The Morgan fingerprint density at radius 1 is 0.970 bits per heavy atom. The van der Waals surface area contributed by atoms with Gasteiger partial charge in [-0.15, -0.1) is 11.8 Å². The summed E-state index contributed by atoms with van der Waals surface area (Å²) in [5, 5.41) is 15.1. The van der Waals surface area contributed by atoms with E-state index in [1.807, 2.05) is 30.3 Å². The Balaban J connectivity index is 1.20. The molecule has 6 rings (SSSR count). The summed E-state index contributed by atoms with van der Waals surface area (Å²) in [6.07, 6.45) is 7.83. The van der Waals surface area contributed by atoms with E-state index in [0.29, 0.717) is 23.4 Å².